The monoisotopic (exact) mass is 337 g/mol. The number of rotatable bonds is 3. The Morgan fingerprint density at radius 3 is 2.64 bits per heavy atom. The molecule has 0 spiro atoms. The molecule has 0 radical (unpaired) electrons. The molecule has 128 valence electrons. The van der Waals surface area contributed by atoms with E-state index in [1.165, 1.54) is 6.07 Å². The lowest BCUT2D eigenvalue weighted by molar-refractivity contribution is 0.0206. The molecule has 0 saturated carbocycles. The van der Waals surface area contributed by atoms with Gasteiger partial charge in [-0.2, -0.15) is 0 Å². The molecule has 0 aliphatic carbocycles. The molecule has 0 aromatic heterocycles. The van der Waals surface area contributed by atoms with Crippen molar-refractivity contribution < 1.29 is 13.9 Å². The molecule has 0 bridgehead atoms. The second-order valence-electron chi connectivity index (χ2n) is 6.39. The molecule has 1 heterocycles. The summed E-state index contributed by atoms with van der Waals surface area (Å²) in [6.07, 6.45) is 1.99. The van der Waals surface area contributed by atoms with Crippen molar-refractivity contribution in [2.75, 3.05) is 13.2 Å². The number of halogens is 1. The van der Waals surface area contributed by atoms with Crippen molar-refractivity contribution >= 4 is 5.91 Å². The number of amides is 1. The van der Waals surface area contributed by atoms with Crippen molar-refractivity contribution in [3.05, 3.63) is 71.0 Å². The minimum Gasteiger partial charge on any atom is -0.373 e. The lowest BCUT2D eigenvalue weighted by atomic mass is 10.0. The van der Waals surface area contributed by atoms with E-state index in [1.54, 1.807) is 42.5 Å². The molecule has 1 atom stereocenters. The van der Waals surface area contributed by atoms with Crippen LogP contribution >= 0.6 is 0 Å². The number of carbonyl (C=O) groups is 1. The molecule has 1 N–H and O–H groups in total. The maximum absolute atomic E-state index is 13.5. The Bertz CT molecular complexity index is 812. The number of nitrogens with one attached hydrogen (secondary N) is 1. The second-order valence-corrected chi connectivity index (χ2v) is 6.39. The Balaban J connectivity index is 1.62. The summed E-state index contributed by atoms with van der Waals surface area (Å²) in [5, 5.41) is 2.92. The smallest absolute Gasteiger partial charge is 0.251 e. The first-order chi connectivity index (χ1) is 12.1. The van der Waals surface area contributed by atoms with Crippen LogP contribution in [-0.2, 0) is 4.74 Å². The topological polar surface area (TPSA) is 38.3 Å². The van der Waals surface area contributed by atoms with Crippen molar-refractivity contribution in [3.8, 4) is 11.8 Å². The van der Waals surface area contributed by atoms with Gasteiger partial charge in [0.25, 0.3) is 5.91 Å². The van der Waals surface area contributed by atoms with E-state index in [0.717, 1.165) is 25.0 Å². The summed E-state index contributed by atoms with van der Waals surface area (Å²) in [6, 6.07) is 13.4. The van der Waals surface area contributed by atoms with Crippen molar-refractivity contribution in [3.63, 3.8) is 0 Å². The summed E-state index contributed by atoms with van der Waals surface area (Å²) in [5.74, 6) is 5.24. The van der Waals surface area contributed by atoms with Crippen LogP contribution in [0.1, 0.15) is 41.3 Å². The molecule has 4 heteroatoms. The minimum atomic E-state index is -0.339. The summed E-state index contributed by atoms with van der Waals surface area (Å²) in [7, 11) is 0. The Hall–Kier alpha value is -2.64. The standard InChI is InChI=1S/C21H20FNO2/c1-21(13-4-14-25-21)15-23-20(24)18-11-8-16(9-12-18)7-10-17-5-2-3-6-19(17)22/h2-3,5-6,8-9,11-12H,4,13-15H2,1H3,(H,23,24). The zero-order chi connectivity index (χ0) is 17.7. The van der Waals surface area contributed by atoms with Gasteiger partial charge in [-0.3, -0.25) is 4.79 Å². The Kier molecular flexibility index (Phi) is 5.16. The van der Waals surface area contributed by atoms with E-state index in [-0.39, 0.29) is 17.3 Å². The molecule has 1 amide bonds. The minimum absolute atomic E-state index is 0.134. The van der Waals surface area contributed by atoms with Crippen LogP contribution in [0.3, 0.4) is 0 Å². The van der Waals surface area contributed by atoms with Gasteiger partial charge in [0, 0.05) is 24.3 Å². The van der Waals surface area contributed by atoms with Gasteiger partial charge in [-0.05, 0) is 56.2 Å². The van der Waals surface area contributed by atoms with Crippen molar-refractivity contribution in [1.82, 2.24) is 5.32 Å². The van der Waals surface area contributed by atoms with Crippen LogP contribution < -0.4 is 5.32 Å². The molecule has 25 heavy (non-hydrogen) atoms. The number of benzene rings is 2. The van der Waals surface area contributed by atoms with Gasteiger partial charge in [-0.25, -0.2) is 4.39 Å². The predicted molar refractivity (Wildman–Crippen MR) is 94.7 cm³/mol. The van der Waals surface area contributed by atoms with E-state index in [1.807, 2.05) is 6.92 Å². The zero-order valence-electron chi connectivity index (χ0n) is 14.1. The van der Waals surface area contributed by atoms with Crippen molar-refractivity contribution in [2.45, 2.75) is 25.4 Å². The van der Waals surface area contributed by atoms with E-state index in [4.69, 9.17) is 4.74 Å². The third-order valence-electron chi connectivity index (χ3n) is 4.29. The fourth-order valence-corrected chi connectivity index (χ4v) is 2.75. The average molecular weight is 337 g/mol. The molecule has 1 saturated heterocycles. The van der Waals surface area contributed by atoms with E-state index in [2.05, 4.69) is 17.2 Å². The first kappa shape index (κ1) is 17.2. The molecule has 2 aromatic rings. The van der Waals surface area contributed by atoms with Crippen molar-refractivity contribution in [2.24, 2.45) is 0 Å². The first-order valence-corrected chi connectivity index (χ1v) is 8.35. The number of ether oxygens (including phenoxy) is 1. The third kappa shape index (κ3) is 4.46. The summed E-state index contributed by atoms with van der Waals surface area (Å²) < 4.78 is 19.2. The average Bonchev–Trinajstić information content (AvgIpc) is 3.06. The summed E-state index contributed by atoms with van der Waals surface area (Å²) in [4.78, 5) is 12.2. The van der Waals surface area contributed by atoms with E-state index < -0.39 is 0 Å². The molecular formula is C21H20FNO2. The molecule has 1 aliphatic rings. The molecule has 2 aromatic carbocycles. The highest BCUT2D eigenvalue weighted by molar-refractivity contribution is 5.94. The normalized spacial score (nSPS) is 19.1. The Morgan fingerprint density at radius 1 is 1.20 bits per heavy atom. The number of carbonyl (C=O) groups excluding carboxylic acids is 1. The van der Waals surface area contributed by atoms with Crippen LogP contribution in [0.15, 0.2) is 48.5 Å². The highest BCUT2D eigenvalue weighted by Crippen LogP contribution is 2.24. The second kappa shape index (κ2) is 7.50. The predicted octanol–water partition coefficient (Wildman–Crippen LogP) is 3.52. The van der Waals surface area contributed by atoms with Gasteiger partial charge in [-0.15, -0.1) is 0 Å². The molecule has 1 aliphatic heterocycles. The summed E-state index contributed by atoms with van der Waals surface area (Å²) in [6.45, 7) is 3.27. The highest BCUT2D eigenvalue weighted by Gasteiger charge is 2.30. The van der Waals surface area contributed by atoms with Crippen LogP contribution in [0.5, 0.6) is 0 Å². The van der Waals surface area contributed by atoms with Crippen LogP contribution in [0.4, 0.5) is 4.39 Å². The van der Waals surface area contributed by atoms with Gasteiger partial charge in [-0.1, -0.05) is 24.0 Å². The molecular weight excluding hydrogens is 317 g/mol. The lowest BCUT2D eigenvalue weighted by Gasteiger charge is -2.23. The molecule has 1 fully saturated rings. The summed E-state index contributed by atoms with van der Waals surface area (Å²) in [5.41, 5.74) is 1.39. The lowest BCUT2D eigenvalue weighted by Crippen LogP contribution is -2.40. The molecule has 3 rings (SSSR count). The number of hydrogen-bond acceptors (Lipinski definition) is 2. The summed E-state index contributed by atoms with van der Waals surface area (Å²) >= 11 is 0. The maximum atomic E-state index is 13.5. The van der Waals surface area contributed by atoms with Gasteiger partial charge < -0.3 is 10.1 Å². The van der Waals surface area contributed by atoms with Gasteiger partial charge in [0.05, 0.1) is 11.2 Å². The molecule has 3 nitrogen and oxygen atoms in total. The van der Waals surface area contributed by atoms with Crippen molar-refractivity contribution in [1.29, 1.82) is 0 Å². The van der Waals surface area contributed by atoms with E-state index in [9.17, 15) is 9.18 Å². The largest absolute Gasteiger partial charge is 0.373 e. The van der Waals surface area contributed by atoms with Gasteiger partial charge in [0.1, 0.15) is 5.82 Å². The van der Waals surface area contributed by atoms with Crippen LogP contribution in [-0.4, -0.2) is 24.7 Å². The van der Waals surface area contributed by atoms with E-state index in [0.29, 0.717) is 17.7 Å². The number of hydrogen-bond donors (Lipinski definition) is 1. The van der Waals surface area contributed by atoms with Crippen LogP contribution in [0.25, 0.3) is 0 Å². The van der Waals surface area contributed by atoms with Gasteiger partial charge in [0.15, 0.2) is 0 Å². The SMILES string of the molecule is CC1(CNC(=O)c2ccc(C#Cc3ccccc3F)cc2)CCCO1. The molecule has 1 unspecified atom stereocenters. The fraction of sp³-hybridized carbons (Fsp3) is 0.286. The van der Waals surface area contributed by atoms with E-state index >= 15 is 0 Å². The first-order valence-electron chi connectivity index (χ1n) is 8.35. The van der Waals surface area contributed by atoms with Crippen LogP contribution in [0, 0.1) is 17.7 Å². The zero-order valence-corrected chi connectivity index (χ0v) is 14.1. The fourth-order valence-electron chi connectivity index (χ4n) is 2.75. The Morgan fingerprint density at radius 2 is 1.96 bits per heavy atom. The maximum Gasteiger partial charge on any atom is 0.251 e. The van der Waals surface area contributed by atoms with Gasteiger partial charge in [0.2, 0.25) is 0 Å². The van der Waals surface area contributed by atoms with Crippen LogP contribution in [0.2, 0.25) is 0 Å². The Labute approximate surface area is 147 Å². The van der Waals surface area contributed by atoms with Gasteiger partial charge >= 0.3 is 0 Å². The highest BCUT2D eigenvalue weighted by atomic mass is 19.1. The third-order valence-corrected chi connectivity index (χ3v) is 4.29. The quantitative estimate of drug-likeness (QED) is 0.870.